The standard InChI is InChI=1S/C25H26N4O5S/c1-15-4-5-19(10-16(15)2)28-12-17(11-23(28)30)25(31)26-24-21-13-35(32,33)14-22(21)27-29(24)18-6-8-20(34-3)9-7-18/h4-10,17H,11-14H2,1-3H3,(H,26,31). The number of nitrogens with one attached hydrogen (secondary N) is 1. The number of nitrogens with zero attached hydrogens (tertiary/aromatic N) is 3. The van der Waals surface area contributed by atoms with Crippen molar-refractivity contribution in [1.82, 2.24) is 9.78 Å². The van der Waals surface area contributed by atoms with Crippen molar-refractivity contribution in [2.24, 2.45) is 5.92 Å². The molecule has 1 fully saturated rings. The molecule has 5 rings (SSSR count). The Bertz CT molecular complexity index is 1440. The SMILES string of the molecule is COc1ccc(-n2nc3c(c2NC(=O)C2CC(=O)N(c4ccc(C)c(C)c4)C2)CS(=O)(=O)C3)cc1. The third kappa shape index (κ3) is 4.29. The van der Waals surface area contributed by atoms with Gasteiger partial charge in [-0.1, -0.05) is 6.07 Å². The molecule has 182 valence electrons. The van der Waals surface area contributed by atoms with E-state index in [0.717, 1.165) is 16.8 Å². The maximum atomic E-state index is 13.3. The molecule has 10 heteroatoms. The smallest absolute Gasteiger partial charge is 0.230 e. The zero-order valence-corrected chi connectivity index (χ0v) is 20.6. The number of anilines is 2. The van der Waals surface area contributed by atoms with Gasteiger partial charge in [0.2, 0.25) is 11.8 Å². The van der Waals surface area contributed by atoms with E-state index < -0.39 is 15.8 Å². The Hall–Kier alpha value is -3.66. The summed E-state index contributed by atoms with van der Waals surface area (Å²) in [5, 5.41) is 7.39. The van der Waals surface area contributed by atoms with E-state index in [4.69, 9.17) is 4.74 Å². The number of aryl methyl sites for hydroxylation is 2. The van der Waals surface area contributed by atoms with Crippen molar-refractivity contribution in [2.75, 3.05) is 23.9 Å². The fourth-order valence-corrected chi connectivity index (χ4v) is 6.02. The quantitative estimate of drug-likeness (QED) is 0.584. The highest BCUT2D eigenvalue weighted by Gasteiger charge is 2.38. The summed E-state index contributed by atoms with van der Waals surface area (Å²) in [6.07, 6.45) is 0.0793. The lowest BCUT2D eigenvalue weighted by atomic mass is 10.1. The molecular weight excluding hydrogens is 468 g/mol. The summed E-state index contributed by atoms with van der Waals surface area (Å²) in [7, 11) is -1.75. The molecule has 2 aliphatic heterocycles. The minimum absolute atomic E-state index is 0.0793. The molecule has 9 nitrogen and oxygen atoms in total. The van der Waals surface area contributed by atoms with E-state index in [1.807, 2.05) is 32.0 Å². The first kappa shape index (κ1) is 23.1. The summed E-state index contributed by atoms with van der Waals surface area (Å²) in [5.41, 5.74) is 4.55. The molecule has 3 aromatic rings. The lowest BCUT2D eigenvalue weighted by molar-refractivity contribution is -0.122. The van der Waals surface area contributed by atoms with Crippen LogP contribution >= 0.6 is 0 Å². The number of hydrogen-bond donors (Lipinski definition) is 1. The van der Waals surface area contributed by atoms with Gasteiger partial charge in [-0.2, -0.15) is 5.10 Å². The second kappa shape index (κ2) is 8.53. The molecule has 0 aliphatic carbocycles. The number of rotatable bonds is 5. The Balaban J connectivity index is 1.43. The molecule has 2 aliphatic rings. The highest BCUT2D eigenvalue weighted by atomic mass is 32.2. The van der Waals surface area contributed by atoms with Gasteiger partial charge in [-0.15, -0.1) is 0 Å². The number of ether oxygens (including phenoxy) is 1. The minimum atomic E-state index is -3.32. The van der Waals surface area contributed by atoms with Gasteiger partial charge >= 0.3 is 0 Å². The van der Waals surface area contributed by atoms with Crippen molar-refractivity contribution < 1.29 is 22.7 Å². The number of sulfone groups is 1. The zero-order valence-electron chi connectivity index (χ0n) is 19.7. The minimum Gasteiger partial charge on any atom is -0.497 e. The number of carbonyl (C=O) groups is 2. The van der Waals surface area contributed by atoms with Crippen molar-refractivity contribution in [3.05, 3.63) is 64.8 Å². The number of benzene rings is 2. The average Bonchev–Trinajstić information content (AvgIpc) is 3.46. The Morgan fingerprint density at radius 2 is 1.77 bits per heavy atom. The summed E-state index contributed by atoms with van der Waals surface area (Å²) in [4.78, 5) is 27.7. The van der Waals surface area contributed by atoms with Crippen molar-refractivity contribution in [1.29, 1.82) is 0 Å². The number of carbonyl (C=O) groups excluding carboxylic acids is 2. The average molecular weight is 495 g/mol. The number of amides is 2. The Morgan fingerprint density at radius 3 is 2.46 bits per heavy atom. The van der Waals surface area contributed by atoms with Crippen LogP contribution in [0.1, 0.15) is 28.8 Å². The maximum Gasteiger partial charge on any atom is 0.230 e. The molecule has 0 saturated carbocycles. The third-order valence-corrected chi connectivity index (χ3v) is 8.09. The summed E-state index contributed by atoms with van der Waals surface area (Å²) in [6, 6.07) is 12.9. The molecule has 35 heavy (non-hydrogen) atoms. The topological polar surface area (TPSA) is 111 Å². The van der Waals surface area contributed by atoms with Crippen LogP contribution in [0, 0.1) is 19.8 Å². The van der Waals surface area contributed by atoms with E-state index in [-0.39, 0.29) is 36.3 Å². The summed E-state index contributed by atoms with van der Waals surface area (Å²) >= 11 is 0. The lowest BCUT2D eigenvalue weighted by Gasteiger charge is -2.18. The van der Waals surface area contributed by atoms with Gasteiger partial charge in [0, 0.05) is 24.2 Å². The predicted molar refractivity (Wildman–Crippen MR) is 131 cm³/mol. The van der Waals surface area contributed by atoms with Crippen LogP contribution in [-0.4, -0.2) is 43.7 Å². The molecule has 1 aromatic heterocycles. The van der Waals surface area contributed by atoms with Crippen molar-refractivity contribution >= 4 is 33.2 Å². The van der Waals surface area contributed by atoms with E-state index in [0.29, 0.717) is 28.5 Å². The highest BCUT2D eigenvalue weighted by Crippen LogP contribution is 2.34. The second-order valence-corrected chi connectivity index (χ2v) is 11.1. The van der Waals surface area contributed by atoms with Gasteiger partial charge in [0.05, 0.1) is 35.9 Å². The van der Waals surface area contributed by atoms with Gasteiger partial charge in [0.25, 0.3) is 0 Å². The van der Waals surface area contributed by atoms with Gasteiger partial charge < -0.3 is 15.0 Å². The van der Waals surface area contributed by atoms with Crippen LogP contribution < -0.4 is 15.0 Å². The molecule has 0 spiro atoms. The fourth-order valence-electron chi connectivity index (χ4n) is 4.53. The van der Waals surface area contributed by atoms with Crippen molar-refractivity contribution in [3.63, 3.8) is 0 Å². The van der Waals surface area contributed by atoms with Crippen molar-refractivity contribution in [2.45, 2.75) is 31.8 Å². The first-order chi connectivity index (χ1) is 16.6. The Morgan fingerprint density at radius 1 is 1.06 bits per heavy atom. The third-order valence-electron chi connectivity index (χ3n) is 6.64. The second-order valence-electron chi connectivity index (χ2n) is 9.08. The molecule has 1 saturated heterocycles. The predicted octanol–water partition coefficient (Wildman–Crippen LogP) is 2.92. The van der Waals surface area contributed by atoms with Gasteiger partial charge in [-0.25, -0.2) is 13.1 Å². The number of hydrogen-bond acceptors (Lipinski definition) is 6. The van der Waals surface area contributed by atoms with Crippen LogP contribution in [0.5, 0.6) is 5.75 Å². The van der Waals surface area contributed by atoms with Crippen molar-refractivity contribution in [3.8, 4) is 11.4 Å². The summed E-state index contributed by atoms with van der Waals surface area (Å²) < 4.78 is 31.2. The van der Waals surface area contributed by atoms with Crippen LogP contribution in [0.2, 0.25) is 0 Å². The highest BCUT2D eigenvalue weighted by molar-refractivity contribution is 7.90. The van der Waals surface area contributed by atoms with E-state index in [1.54, 1.807) is 41.0 Å². The van der Waals surface area contributed by atoms with Crippen LogP contribution in [0.25, 0.3) is 5.69 Å². The monoisotopic (exact) mass is 494 g/mol. The first-order valence-electron chi connectivity index (χ1n) is 11.3. The molecule has 3 heterocycles. The van der Waals surface area contributed by atoms with Gasteiger partial charge in [0.1, 0.15) is 11.6 Å². The van der Waals surface area contributed by atoms with Crippen LogP contribution in [0.3, 0.4) is 0 Å². The molecule has 0 bridgehead atoms. The Labute approximate surface area is 203 Å². The summed E-state index contributed by atoms with van der Waals surface area (Å²) in [5.74, 6) is -0.400. The normalized spacial score (nSPS) is 18.5. The molecule has 2 amide bonds. The largest absolute Gasteiger partial charge is 0.497 e. The molecule has 1 unspecified atom stereocenters. The summed E-state index contributed by atoms with van der Waals surface area (Å²) in [6.45, 7) is 4.24. The van der Waals surface area contributed by atoms with Crippen LogP contribution in [0.4, 0.5) is 11.5 Å². The molecular formula is C25H26N4O5S. The van der Waals surface area contributed by atoms with E-state index in [9.17, 15) is 18.0 Å². The molecule has 2 aromatic carbocycles. The fraction of sp³-hybridized carbons (Fsp3) is 0.320. The molecule has 1 atom stereocenters. The Kier molecular flexibility index (Phi) is 5.63. The number of aromatic nitrogens is 2. The number of fused-ring (bicyclic) bond motifs is 1. The van der Waals surface area contributed by atoms with Crippen LogP contribution in [0.15, 0.2) is 42.5 Å². The zero-order chi connectivity index (χ0) is 24.9. The van der Waals surface area contributed by atoms with Gasteiger partial charge in [-0.3, -0.25) is 9.59 Å². The van der Waals surface area contributed by atoms with Crippen LogP contribution in [-0.2, 0) is 30.9 Å². The lowest BCUT2D eigenvalue weighted by Crippen LogP contribution is -2.29. The van der Waals surface area contributed by atoms with Gasteiger partial charge in [0.15, 0.2) is 9.84 Å². The molecule has 0 radical (unpaired) electrons. The maximum absolute atomic E-state index is 13.3. The van der Waals surface area contributed by atoms with Gasteiger partial charge in [-0.05, 0) is 61.4 Å². The van der Waals surface area contributed by atoms with E-state index in [1.165, 1.54) is 0 Å². The van der Waals surface area contributed by atoms with E-state index >= 15 is 0 Å². The first-order valence-corrected chi connectivity index (χ1v) is 13.1. The number of methoxy groups -OCH3 is 1. The molecule has 1 N–H and O–H groups in total. The van der Waals surface area contributed by atoms with E-state index in [2.05, 4.69) is 10.4 Å².